The Labute approximate surface area is 173 Å². The van der Waals surface area contributed by atoms with Gasteiger partial charge in [-0.3, -0.25) is 9.78 Å². The lowest BCUT2D eigenvalue weighted by atomic mass is 9.69. The molecule has 0 N–H and O–H groups in total. The van der Waals surface area contributed by atoms with Gasteiger partial charge in [-0.15, -0.1) is 0 Å². The van der Waals surface area contributed by atoms with Gasteiger partial charge in [-0.1, -0.05) is 41.5 Å². The first-order valence-corrected chi connectivity index (χ1v) is 11.1. The predicted octanol–water partition coefficient (Wildman–Crippen LogP) is 5.19. The second-order valence-corrected chi connectivity index (χ2v) is 11.6. The number of aromatic nitrogens is 3. The lowest BCUT2D eigenvalue weighted by Gasteiger charge is -2.35. The van der Waals surface area contributed by atoms with Crippen molar-refractivity contribution in [3.8, 4) is 11.4 Å². The Balaban J connectivity index is 1.78. The van der Waals surface area contributed by atoms with E-state index in [1.165, 1.54) is 17.7 Å². The highest BCUT2D eigenvalue weighted by molar-refractivity contribution is 5.65. The van der Waals surface area contributed by atoms with Crippen molar-refractivity contribution in [2.24, 2.45) is 10.8 Å². The van der Waals surface area contributed by atoms with Gasteiger partial charge in [0.05, 0.1) is 0 Å². The molecule has 0 amide bonds. The Morgan fingerprint density at radius 3 is 2.66 bits per heavy atom. The zero-order valence-electron chi connectivity index (χ0n) is 18.9. The third-order valence-corrected chi connectivity index (χ3v) is 8.30. The number of nitrogens with zero attached hydrogens (tertiary/aromatic N) is 3. The number of rotatable bonds is 1. The van der Waals surface area contributed by atoms with E-state index in [4.69, 9.17) is 9.97 Å². The highest BCUT2D eigenvalue weighted by Gasteiger charge is 2.62. The minimum Gasteiger partial charge on any atom is -0.326 e. The van der Waals surface area contributed by atoms with E-state index in [2.05, 4.69) is 59.1 Å². The highest BCUT2D eigenvalue weighted by Crippen LogP contribution is 2.67. The average molecular weight is 392 g/mol. The molecule has 29 heavy (non-hydrogen) atoms. The summed E-state index contributed by atoms with van der Waals surface area (Å²) in [7, 11) is 0. The van der Waals surface area contributed by atoms with Crippen molar-refractivity contribution < 1.29 is 0 Å². The number of fused-ring (bicyclic) bond motifs is 9. The summed E-state index contributed by atoms with van der Waals surface area (Å²) >= 11 is 0. The normalized spacial score (nSPS) is 28.8. The van der Waals surface area contributed by atoms with E-state index in [0.717, 1.165) is 41.9 Å². The molecular formula is C25H33N3O. The fourth-order valence-corrected chi connectivity index (χ4v) is 6.49. The summed E-state index contributed by atoms with van der Waals surface area (Å²) in [5.41, 5.74) is 6.06. The molecule has 154 valence electrons. The van der Waals surface area contributed by atoms with E-state index in [9.17, 15) is 4.79 Å². The van der Waals surface area contributed by atoms with Gasteiger partial charge in [0.15, 0.2) is 0 Å². The van der Waals surface area contributed by atoms with Crippen molar-refractivity contribution in [3.63, 3.8) is 0 Å². The van der Waals surface area contributed by atoms with Gasteiger partial charge in [-0.25, -0.2) is 0 Å². The summed E-state index contributed by atoms with van der Waals surface area (Å²) in [5, 5.41) is 0. The van der Waals surface area contributed by atoms with Crippen LogP contribution in [0.5, 0.6) is 0 Å². The monoisotopic (exact) mass is 391 g/mol. The topological polar surface area (TPSA) is 47.8 Å². The first-order chi connectivity index (χ1) is 13.5. The minimum atomic E-state index is -0.0608. The Kier molecular flexibility index (Phi) is 3.66. The Bertz CT molecular complexity index is 1090. The second kappa shape index (κ2) is 5.59. The molecule has 3 atom stereocenters. The second-order valence-electron chi connectivity index (χ2n) is 11.6. The molecule has 0 spiro atoms. The van der Waals surface area contributed by atoms with Crippen LogP contribution in [-0.2, 0) is 18.3 Å². The van der Waals surface area contributed by atoms with Crippen LogP contribution < -0.4 is 5.56 Å². The van der Waals surface area contributed by atoms with Gasteiger partial charge in [0.2, 0.25) is 0 Å². The first-order valence-electron chi connectivity index (χ1n) is 11.1. The molecule has 3 aliphatic rings. The molecule has 3 unspecified atom stereocenters. The summed E-state index contributed by atoms with van der Waals surface area (Å²) in [6.45, 7) is 16.0. The van der Waals surface area contributed by atoms with Crippen molar-refractivity contribution in [1.82, 2.24) is 14.5 Å². The van der Waals surface area contributed by atoms with Crippen LogP contribution in [0.15, 0.2) is 17.1 Å². The molecule has 0 radical (unpaired) electrons. The molecule has 0 saturated heterocycles. The maximum absolute atomic E-state index is 13.4. The zero-order valence-corrected chi connectivity index (χ0v) is 18.9. The van der Waals surface area contributed by atoms with Crippen LogP contribution in [0.25, 0.3) is 11.4 Å². The number of hydrogen-bond acceptors (Lipinski definition) is 3. The molecule has 2 bridgehead atoms. The first kappa shape index (κ1) is 19.0. The molecule has 1 saturated carbocycles. The molecule has 0 aromatic carbocycles. The highest BCUT2D eigenvalue weighted by atomic mass is 16.1. The maximum atomic E-state index is 13.4. The van der Waals surface area contributed by atoms with Gasteiger partial charge < -0.3 is 4.57 Å². The third-order valence-electron chi connectivity index (χ3n) is 8.30. The molecule has 2 aromatic rings. The Hall–Kier alpha value is -1.97. The van der Waals surface area contributed by atoms with E-state index in [1.807, 2.05) is 6.20 Å². The molecule has 5 rings (SSSR count). The molecule has 1 fully saturated rings. The fourth-order valence-electron chi connectivity index (χ4n) is 6.49. The minimum absolute atomic E-state index is 0.00161. The number of hydrogen-bond donors (Lipinski definition) is 0. The SMILES string of the molecule is CC1Cc2c(ccnc2CC(C)(C)C)-c2nc(=O)c3c(n21)C1CCC3(C)C1(C)C. The molecule has 4 nitrogen and oxygen atoms in total. The van der Waals surface area contributed by atoms with Crippen LogP contribution in [-0.4, -0.2) is 14.5 Å². The van der Waals surface area contributed by atoms with Gasteiger partial charge in [0.25, 0.3) is 5.56 Å². The van der Waals surface area contributed by atoms with Crippen LogP contribution in [0.4, 0.5) is 0 Å². The van der Waals surface area contributed by atoms with Crippen molar-refractivity contribution in [1.29, 1.82) is 0 Å². The van der Waals surface area contributed by atoms with Gasteiger partial charge >= 0.3 is 0 Å². The quantitative estimate of drug-likeness (QED) is 0.672. The zero-order chi connectivity index (χ0) is 20.9. The van der Waals surface area contributed by atoms with Crippen LogP contribution in [0.2, 0.25) is 0 Å². The molecule has 3 heterocycles. The van der Waals surface area contributed by atoms with Crippen molar-refractivity contribution in [2.75, 3.05) is 0 Å². The molecule has 4 heteroatoms. The van der Waals surface area contributed by atoms with E-state index < -0.39 is 0 Å². The van der Waals surface area contributed by atoms with Gasteiger partial charge in [-0.2, -0.15) is 4.98 Å². The Morgan fingerprint density at radius 1 is 1.24 bits per heavy atom. The van der Waals surface area contributed by atoms with E-state index in [0.29, 0.717) is 12.0 Å². The lowest BCUT2D eigenvalue weighted by Crippen LogP contribution is -2.37. The predicted molar refractivity (Wildman–Crippen MR) is 116 cm³/mol. The molecule has 2 aromatic heterocycles. The number of pyridine rings is 1. The van der Waals surface area contributed by atoms with E-state index in [1.54, 1.807) is 0 Å². The average Bonchev–Trinajstić information content (AvgIpc) is 2.93. The molecule has 2 aliphatic carbocycles. The van der Waals surface area contributed by atoms with E-state index >= 15 is 0 Å². The van der Waals surface area contributed by atoms with Gasteiger partial charge in [0.1, 0.15) is 5.82 Å². The standard InChI is InChI=1S/C25H33N3O/c1-14-12-16-15(9-11-26-18(16)13-23(2,3)4)21-27-22(29)19-20(28(14)21)17-8-10-25(19,7)24(17,5)6/h9,11,14,17H,8,10,12-13H2,1-7H3. The van der Waals surface area contributed by atoms with Crippen LogP contribution in [0, 0.1) is 10.8 Å². The Morgan fingerprint density at radius 2 is 1.97 bits per heavy atom. The lowest BCUT2D eigenvalue weighted by molar-refractivity contribution is 0.228. The summed E-state index contributed by atoms with van der Waals surface area (Å²) in [4.78, 5) is 22.8. The molecular weight excluding hydrogens is 358 g/mol. The largest absolute Gasteiger partial charge is 0.326 e. The van der Waals surface area contributed by atoms with Gasteiger partial charge in [0, 0.05) is 46.1 Å². The van der Waals surface area contributed by atoms with Crippen LogP contribution in [0.1, 0.15) is 95.8 Å². The van der Waals surface area contributed by atoms with E-state index in [-0.39, 0.29) is 21.8 Å². The van der Waals surface area contributed by atoms with Crippen LogP contribution in [0.3, 0.4) is 0 Å². The summed E-state index contributed by atoms with van der Waals surface area (Å²) in [5.74, 6) is 1.31. The van der Waals surface area contributed by atoms with Gasteiger partial charge in [-0.05, 0) is 55.1 Å². The fraction of sp³-hybridized carbons (Fsp3) is 0.640. The summed E-state index contributed by atoms with van der Waals surface area (Å²) < 4.78 is 2.43. The third kappa shape index (κ3) is 2.35. The summed E-state index contributed by atoms with van der Waals surface area (Å²) in [6, 6.07) is 2.36. The smallest absolute Gasteiger partial charge is 0.277 e. The van der Waals surface area contributed by atoms with Crippen molar-refractivity contribution in [2.45, 2.75) is 91.5 Å². The van der Waals surface area contributed by atoms with Crippen molar-refractivity contribution >= 4 is 0 Å². The van der Waals surface area contributed by atoms with Crippen LogP contribution >= 0.6 is 0 Å². The summed E-state index contributed by atoms with van der Waals surface area (Å²) in [6.07, 6.45) is 6.06. The molecule has 1 aliphatic heterocycles. The maximum Gasteiger partial charge on any atom is 0.277 e. The van der Waals surface area contributed by atoms with Crippen molar-refractivity contribution in [3.05, 3.63) is 45.1 Å².